The van der Waals surface area contributed by atoms with E-state index in [4.69, 9.17) is 4.74 Å². The number of nitrogens with zero attached hydrogens (tertiary/aromatic N) is 1. The highest BCUT2D eigenvalue weighted by atomic mass is 32.2. The standard InChI is InChI=1S/C20H25N3O4S2/c24-19(23-20-22-17-9-2-1-3-10-18(17)28-20)14-6-4-8-16(12-14)29(25,26)21-13-15-7-5-11-27-15/h4,6,8,12,15,21H,1-3,5,7,9-11,13H2,(H,22,23,24). The van der Waals surface area contributed by atoms with Crippen molar-refractivity contribution >= 4 is 32.4 Å². The van der Waals surface area contributed by atoms with Gasteiger partial charge in [0, 0.05) is 23.6 Å². The molecule has 1 amide bonds. The molecule has 9 heteroatoms. The van der Waals surface area contributed by atoms with Crippen molar-refractivity contribution in [3.63, 3.8) is 0 Å². The molecule has 0 spiro atoms. The molecule has 156 valence electrons. The Labute approximate surface area is 174 Å². The zero-order valence-corrected chi connectivity index (χ0v) is 17.8. The summed E-state index contributed by atoms with van der Waals surface area (Å²) in [5, 5.41) is 3.40. The Balaban J connectivity index is 1.44. The predicted molar refractivity (Wildman–Crippen MR) is 112 cm³/mol. The Morgan fingerprint density at radius 1 is 1.21 bits per heavy atom. The van der Waals surface area contributed by atoms with Crippen molar-refractivity contribution in [1.82, 2.24) is 9.71 Å². The summed E-state index contributed by atoms with van der Waals surface area (Å²) in [5.74, 6) is -0.356. The van der Waals surface area contributed by atoms with E-state index in [-0.39, 0.29) is 29.0 Å². The molecule has 1 aromatic carbocycles. The Kier molecular flexibility index (Phi) is 6.29. The van der Waals surface area contributed by atoms with Gasteiger partial charge in [-0.25, -0.2) is 18.1 Å². The van der Waals surface area contributed by atoms with Gasteiger partial charge in [0.2, 0.25) is 10.0 Å². The fraction of sp³-hybridized carbons (Fsp3) is 0.500. The molecule has 0 saturated carbocycles. The van der Waals surface area contributed by atoms with Gasteiger partial charge in [-0.3, -0.25) is 10.1 Å². The minimum atomic E-state index is -3.71. The average molecular weight is 436 g/mol. The molecule has 1 aromatic heterocycles. The molecule has 29 heavy (non-hydrogen) atoms. The van der Waals surface area contributed by atoms with Crippen LogP contribution in [0, 0.1) is 0 Å². The first-order chi connectivity index (χ1) is 14.0. The summed E-state index contributed by atoms with van der Waals surface area (Å²) in [7, 11) is -3.71. The predicted octanol–water partition coefficient (Wildman–Crippen LogP) is 3.12. The smallest absolute Gasteiger partial charge is 0.257 e. The summed E-state index contributed by atoms with van der Waals surface area (Å²) in [6, 6.07) is 6.06. The van der Waals surface area contributed by atoms with Crippen molar-refractivity contribution in [3.05, 3.63) is 40.4 Å². The van der Waals surface area contributed by atoms with Crippen molar-refractivity contribution in [2.45, 2.75) is 55.9 Å². The topological polar surface area (TPSA) is 97.4 Å². The first-order valence-electron chi connectivity index (χ1n) is 10.0. The summed E-state index contributed by atoms with van der Waals surface area (Å²) in [6.07, 6.45) is 7.16. The van der Waals surface area contributed by atoms with Crippen LogP contribution in [0.2, 0.25) is 0 Å². The molecule has 2 aliphatic rings. The summed E-state index contributed by atoms with van der Waals surface area (Å²) in [6.45, 7) is 0.908. The largest absolute Gasteiger partial charge is 0.377 e. The van der Waals surface area contributed by atoms with Crippen molar-refractivity contribution in [2.24, 2.45) is 0 Å². The number of aromatic nitrogens is 1. The molecular weight excluding hydrogens is 410 g/mol. The van der Waals surface area contributed by atoms with E-state index in [2.05, 4.69) is 15.0 Å². The highest BCUT2D eigenvalue weighted by molar-refractivity contribution is 7.89. The lowest BCUT2D eigenvalue weighted by Crippen LogP contribution is -2.32. The molecule has 0 bridgehead atoms. The van der Waals surface area contributed by atoms with Crippen LogP contribution in [0.1, 0.15) is 53.0 Å². The number of carbonyl (C=O) groups excluding carboxylic acids is 1. The Bertz CT molecular complexity index is 958. The van der Waals surface area contributed by atoms with Gasteiger partial charge in [0.25, 0.3) is 5.91 Å². The molecule has 1 saturated heterocycles. The van der Waals surface area contributed by atoms with Crippen LogP contribution in [0.5, 0.6) is 0 Å². The molecule has 1 aliphatic heterocycles. The van der Waals surface area contributed by atoms with Crippen LogP contribution in [0.4, 0.5) is 5.13 Å². The molecule has 7 nitrogen and oxygen atoms in total. The number of ether oxygens (including phenoxy) is 1. The zero-order chi connectivity index (χ0) is 20.3. The minimum absolute atomic E-state index is 0.0677. The Morgan fingerprint density at radius 2 is 2.07 bits per heavy atom. The van der Waals surface area contributed by atoms with Crippen molar-refractivity contribution in [2.75, 3.05) is 18.5 Å². The summed E-state index contributed by atoms with van der Waals surface area (Å²) < 4.78 is 33.2. The molecule has 1 unspecified atom stereocenters. The quantitative estimate of drug-likeness (QED) is 0.680. The highest BCUT2D eigenvalue weighted by Gasteiger charge is 2.22. The third-order valence-electron chi connectivity index (χ3n) is 5.25. The normalized spacial score (nSPS) is 19.5. The average Bonchev–Trinajstić information content (AvgIpc) is 3.32. The van der Waals surface area contributed by atoms with E-state index >= 15 is 0 Å². The second kappa shape index (κ2) is 8.91. The number of benzene rings is 1. The maximum absolute atomic E-state index is 12.7. The SMILES string of the molecule is O=C(Nc1nc2c(s1)CCCCC2)c1cccc(S(=O)(=O)NCC2CCCO2)c1. The number of carbonyl (C=O) groups is 1. The lowest BCUT2D eigenvalue weighted by Gasteiger charge is -2.12. The molecule has 0 radical (unpaired) electrons. The number of hydrogen-bond acceptors (Lipinski definition) is 6. The monoisotopic (exact) mass is 435 g/mol. The zero-order valence-electron chi connectivity index (χ0n) is 16.1. The molecule has 1 fully saturated rings. The van der Waals surface area contributed by atoms with Crippen molar-refractivity contribution in [3.8, 4) is 0 Å². The van der Waals surface area contributed by atoms with Gasteiger partial charge in [-0.2, -0.15) is 0 Å². The van der Waals surface area contributed by atoms with Gasteiger partial charge < -0.3 is 4.74 Å². The number of nitrogens with one attached hydrogen (secondary N) is 2. The Morgan fingerprint density at radius 3 is 2.90 bits per heavy atom. The van der Waals surface area contributed by atoms with E-state index in [1.54, 1.807) is 12.1 Å². The van der Waals surface area contributed by atoms with Gasteiger partial charge in [-0.05, 0) is 56.7 Å². The third kappa shape index (κ3) is 5.03. The minimum Gasteiger partial charge on any atom is -0.377 e. The van der Waals surface area contributed by atoms with Crippen LogP contribution in [0.15, 0.2) is 29.2 Å². The Hall–Kier alpha value is -1.81. The van der Waals surface area contributed by atoms with Crippen LogP contribution < -0.4 is 10.0 Å². The van der Waals surface area contributed by atoms with Crippen molar-refractivity contribution < 1.29 is 17.9 Å². The second-order valence-corrected chi connectivity index (χ2v) is 10.3. The van der Waals surface area contributed by atoms with Gasteiger partial charge in [-0.1, -0.05) is 12.5 Å². The lowest BCUT2D eigenvalue weighted by molar-refractivity contribution is 0.102. The van der Waals surface area contributed by atoms with Gasteiger partial charge >= 0.3 is 0 Å². The number of thiazole rings is 1. The molecule has 2 heterocycles. The maximum atomic E-state index is 12.7. The summed E-state index contributed by atoms with van der Waals surface area (Å²) in [5.41, 5.74) is 1.37. The van der Waals surface area contributed by atoms with E-state index < -0.39 is 10.0 Å². The number of rotatable bonds is 6. The first-order valence-corrected chi connectivity index (χ1v) is 12.3. The number of aryl methyl sites for hydroxylation is 2. The molecule has 2 aromatic rings. The summed E-state index contributed by atoms with van der Waals surface area (Å²) >= 11 is 1.52. The van der Waals surface area contributed by atoms with Crippen LogP contribution in [0.3, 0.4) is 0 Å². The van der Waals surface area contributed by atoms with E-state index in [0.717, 1.165) is 44.2 Å². The number of amides is 1. The summed E-state index contributed by atoms with van der Waals surface area (Å²) in [4.78, 5) is 18.5. The van der Waals surface area contributed by atoms with E-state index in [1.807, 2.05) is 0 Å². The van der Waals surface area contributed by atoms with Crippen LogP contribution in [-0.2, 0) is 27.6 Å². The highest BCUT2D eigenvalue weighted by Crippen LogP contribution is 2.29. The van der Waals surface area contributed by atoms with Gasteiger partial charge in [-0.15, -0.1) is 11.3 Å². The fourth-order valence-electron chi connectivity index (χ4n) is 3.65. The molecule has 1 atom stereocenters. The molecule has 2 N–H and O–H groups in total. The second-order valence-electron chi connectivity index (χ2n) is 7.42. The van der Waals surface area contributed by atoms with Crippen molar-refractivity contribution in [1.29, 1.82) is 0 Å². The molecule has 4 rings (SSSR count). The van der Waals surface area contributed by atoms with Gasteiger partial charge in [0.05, 0.1) is 16.7 Å². The first kappa shape index (κ1) is 20.5. The number of fused-ring (bicyclic) bond motifs is 1. The van der Waals surface area contributed by atoms with Crippen LogP contribution in [-0.4, -0.2) is 38.6 Å². The maximum Gasteiger partial charge on any atom is 0.257 e. The lowest BCUT2D eigenvalue weighted by atomic mass is 10.2. The molecular formula is C20H25N3O4S2. The fourth-order valence-corrected chi connectivity index (χ4v) is 5.80. The molecule has 1 aliphatic carbocycles. The van der Waals surface area contributed by atoms with Gasteiger partial charge in [0.1, 0.15) is 0 Å². The number of hydrogen-bond donors (Lipinski definition) is 2. The number of anilines is 1. The van der Waals surface area contributed by atoms with Crippen LogP contribution >= 0.6 is 11.3 Å². The van der Waals surface area contributed by atoms with E-state index in [9.17, 15) is 13.2 Å². The van der Waals surface area contributed by atoms with Crippen LogP contribution in [0.25, 0.3) is 0 Å². The van der Waals surface area contributed by atoms with E-state index in [0.29, 0.717) is 11.7 Å². The van der Waals surface area contributed by atoms with Gasteiger partial charge in [0.15, 0.2) is 5.13 Å². The van der Waals surface area contributed by atoms with E-state index in [1.165, 1.54) is 34.8 Å². The third-order valence-corrected chi connectivity index (χ3v) is 7.74. The number of sulfonamides is 1.